The van der Waals surface area contributed by atoms with Gasteiger partial charge in [0.05, 0.1) is 0 Å². The van der Waals surface area contributed by atoms with E-state index in [1.165, 1.54) is 7.05 Å². The van der Waals surface area contributed by atoms with Gasteiger partial charge in [0.1, 0.15) is 5.82 Å². The lowest BCUT2D eigenvalue weighted by molar-refractivity contribution is -0.141. The molecule has 8 heteroatoms. The maximum Gasteiger partial charge on any atom is 0.433 e. The zero-order valence-electron chi connectivity index (χ0n) is 10.3. The first-order chi connectivity index (χ1) is 9.38. The van der Waals surface area contributed by atoms with Crippen LogP contribution < -0.4 is 10.6 Å². The number of hydrogen-bond donors (Lipinski definition) is 2. The van der Waals surface area contributed by atoms with Gasteiger partial charge in [-0.2, -0.15) is 18.2 Å². The minimum absolute atomic E-state index is 0.0268. The van der Waals surface area contributed by atoms with E-state index in [4.69, 9.17) is 11.6 Å². The Balaban J connectivity index is 2.36. The lowest BCUT2D eigenvalue weighted by Crippen LogP contribution is -2.12. The van der Waals surface area contributed by atoms with Crippen LogP contribution in [0.25, 0.3) is 0 Å². The second kappa shape index (κ2) is 5.54. The van der Waals surface area contributed by atoms with Crippen LogP contribution in [-0.2, 0) is 6.18 Å². The fourth-order valence-corrected chi connectivity index (χ4v) is 1.67. The molecule has 2 aromatic rings. The van der Waals surface area contributed by atoms with Gasteiger partial charge < -0.3 is 10.6 Å². The molecule has 1 aromatic heterocycles. The second-order valence-electron chi connectivity index (χ2n) is 3.85. The number of hydrogen-bond acceptors (Lipinski definition) is 4. The summed E-state index contributed by atoms with van der Waals surface area (Å²) in [6, 6.07) is 7.42. The van der Waals surface area contributed by atoms with Gasteiger partial charge in [0.2, 0.25) is 5.95 Å². The molecule has 0 spiro atoms. The van der Waals surface area contributed by atoms with E-state index in [0.717, 1.165) is 6.07 Å². The van der Waals surface area contributed by atoms with E-state index in [0.29, 0.717) is 10.7 Å². The smallest absolute Gasteiger partial charge is 0.357 e. The van der Waals surface area contributed by atoms with Gasteiger partial charge in [-0.25, -0.2) is 4.98 Å². The number of aromatic nitrogens is 2. The summed E-state index contributed by atoms with van der Waals surface area (Å²) in [6.07, 6.45) is -4.54. The fraction of sp³-hybridized carbons (Fsp3) is 0.167. The van der Waals surface area contributed by atoms with Gasteiger partial charge in [-0.05, 0) is 18.2 Å². The van der Waals surface area contributed by atoms with E-state index < -0.39 is 11.9 Å². The highest BCUT2D eigenvalue weighted by Gasteiger charge is 2.33. The summed E-state index contributed by atoms with van der Waals surface area (Å²) in [5, 5.41) is 5.71. The third-order valence-corrected chi connectivity index (χ3v) is 2.57. The molecule has 4 nitrogen and oxygen atoms in total. The monoisotopic (exact) mass is 302 g/mol. The van der Waals surface area contributed by atoms with Gasteiger partial charge >= 0.3 is 6.18 Å². The van der Waals surface area contributed by atoms with Gasteiger partial charge in [0.15, 0.2) is 5.69 Å². The molecule has 0 fully saturated rings. The Kier molecular flexibility index (Phi) is 3.99. The Hall–Kier alpha value is -2.02. The number of nitrogens with one attached hydrogen (secondary N) is 2. The van der Waals surface area contributed by atoms with E-state index in [1.54, 1.807) is 24.3 Å². The van der Waals surface area contributed by atoms with Crippen LogP contribution in [0.2, 0.25) is 5.02 Å². The predicted octanol–water partition coefficient (Wildman–Crippen LogP) is 3.93. The van der Waals surface area contributed by atoms with Crippen molar-refractivity contribution >= 4 is 29.1 Å². The van der Waals surface area contributed by atoms with Crippen LogP contribution in [-0.4, -0.2) is 17.0 Å². The molecule has 2 rings (SSSR count). The predicted molar refractivity (Wildman–Crippen MR) is 71.3 cm³/mol. The van der Waals surface area contributed by atoms with Crippen molar-refractivity contribution in [2.75, 3.05) is 17.7 Å². The Bertz CT molecular complexity index is 616. The molecule has 0 amide bonds. The summed E-state index contributed by atoms with van der Waals surface area (Å²) in [5.74, 6) is -0.0942. The Labute approximate surface area is 118 Å². The fourth-order valence-electron chi connectivity index (χ4n) is 1.48. The third-order valence-electron chi connectivity index (χ3n) is 2.34. The molecule has 0 unspecified atom stereocenters. The summed E-state index contributed by atoms with van der Waals surface area (Å²) in [5.41, 5.74) is -0.493. The molecule has 0 aliphatic carbocycles. The average Bonchev–Trinajstić information content (AvgIpc) is 2.37. The maximum atomic E-state index is 12.7. The van der Waals surface area contributed by atoms with Crippen LogP contribution >= 0.6 is 11.6 Å². The molecular formula is C12H10ClF3N4. The van der Waals surface area contributed by atoms with Gasteiger partial charge in [0.25, 0.3) is 0 Å². The highest BCUT2D eigenvalue weighted by atomic mass is 35.5. The van der Waals surface area contributed by atoms with Crippen molar-refractivity contribution < 1.29 is 13.2 Å². The van der Waals surface area contributed by atoms with Crippen LogP contribution in [0.15, 0.2) is 30.3 Å². The van der Waals surface area contributed by atoms with Crippen molar-refractivity contribution in [2.24, 2.45) is 0 Å². The van der Waals surface area contributed by atoms with Crippen molar-refractivity contribution in [1.29, 1.82) is 0 Å². The second-order valence-corrected chi connectivity index (χ2v) is 4.28. The van der Waals surface area contributed by atoms with Gasteiger partial charge in [0, 0.05) is 23.8 Å². The number of nitrogens with zero attached hydrogens (tertiary/aromatic N) is 2. The molecule has 0 saturated heterocycles. The highest BCUT2D eigenvalue weighted by Crippen LogP contribution is 2.30. The molecule has 20 heavy (non-hydrogen) atoms. The maximum absolute atomic E-state index is 12.7. The molecule has 0 saturated carbocycles. The molecule has 0 aliphatic rings. The molecule has 1 heterocycles. The standard InChI is InChI=1S/C12H10ClF3N4/c1-17-11-19-9(12(14,15)16)6-10(20-11)18-8-4-2-3-7(13)5-8/h2-6H,1H3,(H2,17,18,19,20). The quantitative estimate of drug-likeness (QED) is 0.902. The Morgan fingerprint density at radius 3 is 2.50 bits per heavy atom. The number of alkyl halides is 3. The zero-order chi connectivity index (χ0) is 14.8. The van der Waals surface area contributed by atoms with E-state index in [9.17, 15) is 13.2 Å². The molecule has 106 valence electrons. The van der Waals surface area contributed by atoms with E-state index >= 15 is 0 Å². The van der Waals surface area contributed by atoms with Crippen molar-refractivity contribution in [1.82, 2.24) is 9.97 Å². The SMILES string of the molecule is CNc1nc(Nc2cccc(Cl)c2)cc(C(F)(F)F)n1. The minimum atomic E-state index is -4.54. The van der Waals surface area contributed by atoms with E-state index in [2.05, 4.69) is 20.6 Å². The lowest BCUT2D eigenvalue weighted by atomic mass is 10.3. The zero-order valence-corrected chi connectivity index (χ0v) is 11.0. The van der Waals surface area contributed by atoms with Crippen LogP contribution in [0, 0.1) is 0 Å². The first-order valence-electron chi connectivity index (χ1n) is 5.55. The first-order valence-corrected chi connectivity index (χ1v) is 5.93. The largest absolute Gasteiger partial charge is 0.433 e. The van der Waals surface area contributed by atoms with Gasteiger partial charge in [-0.3, -0.25) is 0 Å². The number of benzene rings is 1. The van der Waals surface area contributed by atoms with Crippen molar-refractivity contribution in [3.8, 4) is 0 Å². The van der Waals surface area contributed by atoms with Gasteiger partial charge in [-0.1, -0.05) is 17.7 Å². The summed E-state index contributed by atoms with van der Waals surface area (Å²) < 4.78 is 38.2. The van der Waals surface area contributed by atoms with Crippen molar-refractivity contribution in [2.45, 2.75) is 6.18 Å². The van der Waals surface area contributed by atoms with E-state index in [1.807, 2.05) is 0 Å². The third kappa shape index (κ3) is 3.51. The molecule has 0 radical (unpaired) electrons. The Morgan fingerprint density at radius 1 is 1.15 bits per heavy atom. The number of halogens is 4. The molecule has 2 N–H and O–H groups in total. The summed E-state index contributed by atoms with van der Waals surface area (Å²) in [7, 11) is 1.44. The van der Waals surface area contributed by atoms with Crippen molar-refractivity contribution in [3.63, 3.8) is 0 Å². The molecule has 0 atom stereocenters. The number of rotatable bonds is 3. The highest BCUT2D eigenvalue weighted by molar-refractivity contribution is 6.30. The summed E-state index contributed by atoms with van der Waals surface area (Å²) in [4.78, 5) is 7.28. The Morgan fingerprint density at radius 2 is 1.90 bits per heavy atom. The molecule has 0 aliphatic heterocycles. The molecule has 0 bridgehead atoms. The van der Waals surface area contributed by atoms with Crippen LogP contribution in [0.4, 0.5) is 30.6 Å². The molecule has 1 aromatic carbocycles. The average molecular weight is 303 g/mol. The topological polar surface area (TPSA) is 49.8 Å². The van der Waals surface area contributed by atoms with Crippen molar-refractivity contribution in [3.05, 3.63) is 41.0 Å². The summed E-state index contributed by atoms with van der Waals surface area (Å²) >= 11 is 5.81. The molecular weight excluding hydrogens is 293 g/mol. The normalized spacial score (nSPS) is 11.2. The number of anilines is 3. The van der Waals surface area contributed by atoms with Gasteiger partial charge in [-0.15, -0.1) is 0 Å². The van der Waals surface area contributed by atoms with Crippen LogP contribution in [0.5, 0.6) is 0 Å². The van der Waals surface area contributed by atoms with Crippen LogP contribution in [0.3, 0.4) is 0 Å². The summed E-state index contributed by atoms with van der Waals surface area (Å²) in [6.45, 7) is 0. The minimum Gasteiger partial charge on any atom is -0.357 e. The van der Waals surface area contributed by atoms with Crippen LogP contribution in [0.1, 0.15) is 5.69 Å². The lowest BCUT2D eigenvalue weighted by Gasteiger charge is -2.11. The van der Waals surface area contributed by atoms with E-state index in [-0.39, 0.29) is 11.8 Å². The first kappa shape index (κ1) is 14.4.